The molecule has 2 amide bonds. The molecule has 0 saturated heterocycles. The molecule has 0 unspecified atom stereocenters. The SMILES string of the molecule is CC(=O)Nc1cccc2c(O)c(C(=O)N(C)C)cc(SCCCCCCOC(C)=O)c12. The minimum absolute atomic E-state index is 0.0873. The van der Waals surface area contributed by atoms with Crippen molar-refractivity contribution in [3.05, 3.63) is 29.8 Å². The lowest BCUT2D eigenvalue weighted by molar-refractivity contribution is -0.141. The summed E-state index contributed by atoms with van der Waals surface area (Å²) in [5.41, 5.74) is 0.842. The zero-order valence-electron chi connectivity index (χ0n) is 18.5. The number of rotatable bonds is 10. The van der Waals surface area contributed by atoms with Gasteiger partial charge in [0.1, 0.15) is 5.75 Å². The molecule has 0 spiro atoms. The first-order valence-corrected chi connectivity index (χ1v) is 11.2. The van der Waals surface area contributed by atoms with Crippen molar-refractivity contribution in [2.75, 3.05) is 31.8 Å². The number of nitrogens with zero attached hydrogens (tertiary/aromatic N) is 1. The second-order valence-electron chi connectivity index (χ2n) is 7.48. The average Bonchev–Trinajstić information content (AvgIpc) is 2.70. The maximum atomic E-state index is 12.6. The van der Waals surface area contributed by atoms with E-state index in [1.165, 1.54) is 18.7 Å². The molecule has 31 heavy (non-hydrogen) atoms. The maximum Gasteiger partial charge on any atom is 0.302 e. The fraction of sp³-hybridized carbons (Fsp3) is 0.435. The predicted octanol–water partition coefficient (Wildman–Crippen LogP) is 4.42. The number of phenolic OH excluding ortho intramolecular Hbond substituents is 1. The van der Waals surface area contributed by atoms with Crippen LogP contribution in [0.1, 0.15) is 49.9 Å². The topological polar surface area (TPSA) is 95.9 Å². The van der Waals surface area contributed by atoms with Crippen LogP contribution < -0.4 is 5.32 Å². The van der Waals surface area contributed by atoms with Gasteiger partial charge in [0.05, 0.1) is 12.2 Å². The van der Waals surface area contributed by atoms with Gasteiger partial charge in [0.2, 0.25) is 5.91 Å². The van der Waals surface area contributed by atoms with Gasteiger partial charge in [-0.15, -0.1) is 11.8 Å². The van der Waals surface area contributed by atoms with E-state index in [-0.39, 0.29) is 29.1 Å². The summed E-state index contributed by atoms with van der Waals surface area (Å²) < 4.78 is 4.94. The molecule has 0 bridgehead atoms. The number of anilines is 1. The Kier molecular flexibility index (Phi) is 9.18. The van der Waals surface area contributed by atoms with Gasteiger partial charge < -0.3 is 20.1 Å². The van der Waals surface area contributed by atoms with Gasteiger partial charge in [0.25, 0.3) is 5.91 Å². The molecule has 0 atom stereocenters. The largest absolute Gasteiger partial charge is 0.506 e. The number of fused-ring (bicyclic) bond motifs is 1. The molecule has 0 aliphatic carbocycles. The number of aromatic hydroxyl groups is 1. The van der Waals surface area contributed by atoms with E-state index in [4.69, 9.17) is 4.74 Å². The molecule has 0 aliphatic rings. The molecule has 0 radical (unpaired) electrons. The van der Waals surface area contributed by atoms with E-state index < -0.39 is 0 Å². The average molecular weight is 447 g/mol. The van der Waals surface area contributed by atoms with Gasteiger partial charge in [0.15, 0.2) is 0 Å². The third-order valence-corrected chi connectivity index (χ3v) is 5.77. The Morgan fingerprint density at radius 1 is 1.10 bits per heavy atom. The second kappa shape index (κ2) is 11.6. The summed E-state index contributed by atoms with van der Waals surface area (Å²) in [6.07, 6.45) is 3.74. The highest BCUT2D eigenvalue weighted by Crippen LogP contribution is 2.41. The van der Waals surface area contributed by atoms with Crippen molar-refractivity contribution in [3.8, 4) is 5.75 Å². The zero-order chi connectivity index (χ0) is 23.0. The van der Waals surface area contributed by atoms with E-state index in [1.807, 2.05) is 0 Å². The molecule has 8 heteroatoms. The van der Waals surface area contributed by atoms with Crippen LogP contribution in [-0.4, -0.2) is 54.2 Å². The normalized spacial score (nSPS) is 10.7. The van der Waals surface area contributed by atoms with E-state index >= 15 is 0 Å². The van der Waals surface area contributed by atoms with Gasteiger partial charge >= 0.3 is 5.97 Å². The monoisotopic (exact) mass is 446 g/mol. The molecule has 0 saturated carbocycles. The molecule has 2 aromatic carbocycles. The van der Waals surface area contributed by atoms with Crippen molar-refractivity contribution in [1.82, 2.24) is 4.90 Å². The molecular formula is C23H30N2O5S. The highest BCUT2D eigenvalue weighted by atomic mass is 32.2. The van der Waals surface area contributed by atoms with Gasteiger partial charge in [0, 0.05) is 49.3 Å². The van der Waals surface area contributed by atoms with E-state index in [1.54, 1.807) is 50.1 Å². The molecule has 168 valence electrons. The zero-order valence-corrected chi connectivity index (χ0v) is 19.3. The van der Waals surface area contributed by atoms with Crippen LogP contribution >= 0.6 is 11.8 Å². The van der Waals surface area contributed by atoms with E-state index in [2.05, 4.69) is 5.32 Å². The standard InChI is InChI=1S/C23H30N2O5S/c1-15(26)24-19-11-9-10-17-21(19)20(14-18(22(17)28)23(29)25(3)4)31-13-8-6-5-7-12-30-16(2)27/h9-11,14,28H,5-8,12-13H2,1-4H3,(H,24,26). The summed E-state index contributed by atoms with van der Waals surface area (Å²) in [7, 11) is 3.28. The summed E-state index contributed by atoms with van der Waals surface area (Å²) in [4.78, 5) is 37.3. The first-order chi connectivity index (χ1) is 14.7. The smallest absolute Gasteiger partial charge is 0.302 e. The number of nitrogens with one attached hydrogen (secondary N) is 1. The number of hydrogen-bond acceptors (Lipinski definition) is 6. The van der Waals surface area contributed by atoms with Gasteiger partial charge in [-0.25, -0.2) is 0 Å². The van der Waals surface area contributed by atoms with Crippen molar-refractivity contribution in [3.63, 3.8) is 0 Å². The maximum absolute atomic E-state index is 12.6. The van der Waals surface area contributed by atoms with Crippen LogP contribution in [0.3, 0.4) is 0 Å². The Morgan fingerprint density at radius 2 is 1.81 bits per heavy atom. The Balaban J connectivity index is 2.23. The molecule has 7 nitrogen and oxygen atoms in total. The molecule has 0 aliphatic heterocycles. The molecule has 2 rings (SSSR count). The molecule has 0 aromatic heterocycles. The minimum Gasteiger partial charge on any atom is -0.506 e. The number of carbonyl (C=O) groups is 3. The van der Waals surface area contributed by atoms with Crippen molar-refractivity contribution >= 4 is 46.0 Å². The molecule has 2 aromatic rings. The van der Waals surface area contributed by atoms with E-state index in [0.29, 0.717) is 17.7 Å². The third kappa shape index (κ3) is 6.89. The molecule has 0 heterocycles. The van der Waals surface area contributed by atoms with Crippen molar-refractivity contribution < 1.29 is 24.2 Å². The minimum atomic E-state index is -0.281. The lowest BCUT2D eigenvalue weighted by atomic mass is 10.0. The number of benzene rings is 2. The predicted molar refractivity (Wildman–Crippen MR) is 124 cm³/mol. The van der Waals surface area contributed by atoms with Crippen LogP contribution in [0.2, 0.25) is 0 Å². The van der Waals surface area contributed by atoms with Crippen LogP contribution in [-0.2, 0) is 14.3 Å². The number of unbranched alkanes of at least 4 members (excludes halogenated alkanes) is 3. The van der Waals surface area contributed by atoms with Crippen molar-refractivity contribution in [2.45, 2.75) is 44.4 Å². The lowest BCUT2D eigenvalue weighted by Gasteiger charge is -2.18. The van der Waals surface area contributed by atoms with Gasteiger partial charge in [-0.05, 0) is 30.7 Å². The fourth-order valence-electron chi connectivity index (χ4n) is 3.20. The lowest BCUT2D eigenvalue weighted by Crippen LogP contribution is -2.22. The van der Waals surface area contributed by atoms with Gasteiger partial charge in [-0.2, -0.15) is 0 Å². The summed E-state index contributed by atoms with van der Waals surface area (Å²) in [6, 6.07) is 6.99. The number of hydrogen-bond donors (Lipinski definition) is 2. The van der Waals surface area contributed by atoms with Crippen LogP contribution in [0.25, 0.3) is 10.8 Å². The van der Waals surface area contributed by atoms with Crippen molar-refractivity contribution in [2.24, 2.45) is 0 Å². The highest BCUT2D eigenvalue weighted by Gasteiger charge is 2.20. The number of thioether (sulfide) groups is 1. The first kappa shape index (κ1) is 24.5. The van der Waals surface area contributed by atoms with Crippen LogP contribution in [0.15, 0.2) is 29.2 Å². The third-order valence-electron chi connectivity index (χ3n) is 4.65. The van der Waals surface area contributed by atoms with Crippen LogP contribution in [0, 0.1) is 0 Å². The van der Waals surface area contributed by atoms with Crippen molar-refractivity contribution in [1.29, 1.82) is 0 Å². The summed E-state index contributed by atoms with van der Waals surface area (Å²) >= 11 is 1.59. The summed E-state index contributed by atoms with van der Waals surface area (Å²) in [5.74, 6) is -0.0124. The Labute approximate surface area is 187 Å². The van der Waals surface area contributed by atoms with Crippen LogP contribution in [0.4, 0.5) is 5.69 Å². The Morgan fingerprint density at radius 3 is 2.45 bits per heavy atom. The van der Waals surface area contributed by atoms with Gasteiger partial charge in [-0.3, -0.25) is 14.4 Å². The van der Waals surface area contributed by atoms with E-state index in [0.717, 1.165) is 41.7 Å². The number of esters is 1. The first-order valence-electron chi connectivity index (χ1n) is 10.3. The van der Waals surface area contributed by atoms with Crippen LogP contribution in [0.5, 0.6) is 5.75 Å². The second-order valence-corrected chi connectivity index (χ2v) is 8.62. The Bertz CT molecular complexity index is 959. The highest BCUT2D eigenvalue weighted by molar-refractivity contribution is 7.99. The van der Waals surface area contributed by atoms with E-state index in [9.17, 15) is 19.5 Å². The number of carbonyl (C=O) groups excluding carboxylic acids is 3. The summed E-state index contributed by atoms with van der Waals surface area (Å²) in [6.45, 7) is 3.29. The summed E-state index contributed by atoms with van der Waals surface area (Å²) in [5, 5.41) is 14.9. The molecule has 2 N–H and O–H groups in total. The number of ether oxygens (including phenoxy) is 1. The number of amides is 2. The van der Waals surface area contributed by atoms with Gasteiger partial charge in [-0.1, -0.05) is 25.0 Å². The molecular weight excluding hydrogens is 416 g/mol. The Hall–Kier alpha value is -2.74. The quantitative estimate of drug-likeness (QED) is 0.319. The fourth-order valence-corrected chi connectivity index (χ4v) is 4.33. The number of phenols is 1. The molecule has 0 fully saturated rings.